The summed E-state index contributed by atoms with van der Waals surface area (Å²) in [7, 11) is 2.63. The number of rotatable bonds is 8. The van der Waals surface area contributed by atoms with Crippen molar-refractivity contribution < 1.29 is 23.4 Å². The van der Waals surface area contributed by atoms with Crippen molar-refractivity contribution >= 4 is 22.8 Å². The molecule has 0 unspecified atom stereocenters. The molecule has 1 fully saturated rings. The van der Waals surface area contributed by atoms with Gasteiger partial charge >= 0.3 is 0 Å². The lowest BCUT2D eigenvalue weighted by Gasteiger charge is -2.25. The molecule has 1 aliphatic carbocycles. The van der Waals surface area contributed by atoms with Crippen LogP contribution in [0.4, 0.5) is 8.78 Å². The number of pyridine rings is 1. The fourth-order valence-corrected chi connectivity index (χ4v) is 4.30. The van der Waals surface area contributed by atoms with Gasteiger partial charge in [-0.2, -0.15) is 0 Å². The van der Waals surface area contributed by atoms with Gasteiger partial charge in [-0.3, -0.25) is 0 Å². The van der Waals surface area contributed by atoms with E-state index in [1.165, 1.54) is 26.5 Å². The summed E-state index contributed by atoms with van der Waals surface area (Å²) in [4.78, 5) is 7.47. The van der Waals surface area contributed by atoms with E-state index in [4.69, 9.17) is 14.9 Å². The van der Waals surface area contributed by atoms with Crippen LogP contribution < -0.4 is 14.8 Å². The first kappa shape index (κ1) is 23.7. The van der Waals surface area contributed by atoms with Gasteiger partial charge in [-0.25, -0.2) is 13.8 Å². The van der Waals surface area contributed by atoms with Crippen molar-refractivity contribution in [3.8, 4) is 11.5 Å². The Labute approximate surface area is 196 Å². The molecule has 1 saturated carbocycles. The molecule has 180 valence electrons. The zero-order valence-electron chi connectivity index (χ0n) is 19.1. The fraction of sp³-hybridized carbons (Fsp3) is 0.360. The maximum Gasteiger partial charge on any atom is 0.171 e. The summed E-state index contributed by atoms with van der Waals surface area (Å²) >= 11 is 0. The smallest absolute Gasteiger partial charge is 0.171 e. The van der Waals surface area contributed by atoms with Gasteiger partial charge in [0.25, 0.3) is 0 Å². The molecule has 34 heavy (non-hydrogen) atoms. The predicted octanol–water partition coefficient (Wildman–Crippen LogP) is 4.33. The number of allylic oxidation sites excluding steroid dienone is 1. The molecule has 0 atom stereocenters. The number of nitrogens with one attached hydrogen (secondary N) is 3. The van der Waals surface area contributed by atoms with Crippen LogP contribution in [0, 0.1) is 17.0 Å². The van der Waals surface area contributed by atoms with Crippen LogP contribution in [-0.4, -0.2) is 47.7 Å². The van der Waals surface area contributed by atoms with E-state index in [0.29, 0.717) is 27.7 Å². The molecule has 2 heterocycles. The normalized spacial score (nSPS) is 18.7. The average molecular weight is 471 g/mol. The van der Waals surface area contributed by atoms with Crippen molar-refractivity contribution in [2.24, 2.45) is 0 Å². The van der Waals surface area contributed by atoms with Crippen LogP contribution in [0.25, 0.3) is 16.6 Å². The van der Waals surface area contributed by atoms with Crippen molar-refractivity contribution in [1.29, 1.82) is 5.41 Å². The molecule has 4 N–H and O–H groups in total. The first-order valence-electron chi connectivity index (χ1n) is 11.1. The van der Waals surface area contributed by atoms with Gasteiger partial charge in [0.1, 0.15) is 5.65 Å². The molecule has 1 aromatic carbocycles. The molecule has 9 heteroatoms. The van der Waals surface area contributed by atoms with Crippen LogP contribution in [0.1, 0.15) is 42.4 Å². The summed E-state index contributed by atoms with van der Waals surface area (Å²) in [6.07, 6.45) is 9.33. The molecular weight excluding hydrogens is 442 g/mol. The minimum Gasteiger partial charge on any atom is -0.494 e. The number of fused-ring (bicyclic) bond motifs is 1. The number of benzene rings is 1. The number of H-pyrrole nitrogens is 1. The quantitative estimate of drug-likeness (QED) is 0.367. The molecule has 1 aliphatic rings. The van der Waals surface area contributed by atoms with Crippen LogP contribution in [0.3, 0.4) is 0 Å². The Bertz CT molecular complexity index is 1190. The van der Waals surface area contributed by atoms with Crippen molar-refractivity contribution in [3.63, 3.8) is 0 Å². The third-order valence-corrected chi connectivity index (χ3v) is 6.31. The number of aromatic amines is 1. The van der Waals surface area contributed by atoms with E-state index in [1.54, 1.807) is 18.6 Å². The summed E-state index contributed by atoms with van der Waals surface area (Å²) < 4.78 is 39.9. The van der Waals surface area contributed by atoms with Gasteiger partial charge in [-0.1, -0.05) is 0 Å². The Morgan fingerprint density at radius 2 is 1.85 bits per heavy atom. The van der Waals surface area contributed by atoms with Crippen molar-refractivity contribution in [1.82, 2.24) is 15.3 Å². The van der Waals surface area contributed by atoms with Gasteiger partial charge in [0.05, 0.1) is 20.3 Å². The van der Waals surface area contributed by atoms with Gasteiger partial charge in [-0.15, -0.1) is 0 Å². The largest absolute Gasteiger partial charge is 0.494 e. The molecule has 0 amide bonds. The first-order chi connectivity index (χ1) is 16.4. The highest BCUT2D eigenvalue weighted by Crippen LogP contribution is 2.34. The van der Waals surface area contributed by atoms with Gasteiger partial charge < -0.3 is 30.3 Å². The fourth-order valence-electron chi connectivity index (χ4n) is 4.30. The minimum atomic E-state index is -0.777. The SMILES string of the molecule is COc1cc(OC)c(F)c(Cc2c[nH]c3ncc(/C(C=N)=C/NC4CCC(O)CC4)cc23)c1F. The first-order valence-corrected chi connectivity index (χ1v) is 11.1. The third kappa shape index (κ3) is 4.75. The molecule has 0 spiro atoms. The second kappa shape index (κ2) is 10.2. The third-order valence-electron chi connectivity index (χ3n) is 6.31. The van der Waals surface area contributed by atoms with E-state index in [2.05, 4.69) is 15.3 Å². The zero-order chi connectivity index (χ0) is 24.2. The summed E-state index contributed by atoms with van der Waals surface area (Å²) in [6.45, 7) is 0. The maximum atomic E-state index is 14.9. The molecule has 0 saturated heterocycles. The van der Waals surface area contributed by atoms with Gasteiger partial charge in [-0.05, 0) is 37.3 Å². The van der Waals surface area contributed by atoms with Crippen LogP contribution in [0.15, 0.2) is 30.7 Å². The summed E-state index contributed by atoms with van der Waals surface area (Å²) in [5.41, 5.74) is 2.40. The van der Waals surface area contributed by atoms with Gasteiger partial charge in [0.15, 0.2) is 23.1 Å². The number of hydrogen-bond donors (Lipinski definition) is 4. The number of aromatic nitrogens is 2. The lowest BCUT2D eigenvalue weighted by molar-refractivity contribution is 0.119. The summed E-state index contributed by atoms with van der Waals surface area (Å²) in [5, 5.41) is 21.6. The summed E-state index contributed by atoms with van der Waals surface area (Å²) in [6, 6.07) is 3.28. The number of nitrogens with zero attached hydrogens (tertiary/aromatic N) is 1. The van der Waals surface area contributed by atoms with Crippen molar-refractivity contribution in [3.05, 3.63) is 59.1 Å². The van der Waals surface area contributed by atoms with E-state index in [0.717, 1.165) is 25.7 Å². The van der Waals surface area contributed by atoms with Crippen LogP contribution >= 0.6 is 0 Å². The highest BCUT2D eigenvalue weighted by atomic mass is 19.1. The second-order valence-corrected chi connectivity index (χ2v) is 8.41. The number of halogens is 2. The van der Waals surface area contributed by atoms with Crippen molar-refractivity contribution in [2.75, 3.05) is 14.2 Å². The molecule has 7 nitrogen and oxygen atoms in total. The monoisotopic (exact) mass is 470 g/mol. The minimum absolute atomic E-state index is 0.0390. The number of methoxy groups -OCH3 is 2. The Morgan fingerprint density at radius 3 is 2.47 bits per heavy atom. The molecular formula is C25H28F2N4O3. The molecule has 0 radical (unpaired) electrons. The topological polar surface area (TPSA) is 103 Å². The number of aliphatic hydroxyl groups is 1. The number of hydrogen-bond acceptors (Lipinski definition) is 6. The highest BCUT2D eigenvalue weighted by Gasteiger charge is 2.22. The van der Waals surface area contributed by atoms with Crippen LogP contribution in [-0.2, 0) is 6.42 Å². The Hall–Kier alpha value is -3.46. The van der Waals surface area contributed by atoms with E-state index < -0.39 is 11.6 Å². The zero-order valence-corrected chi connectivity index (χ0v) is 19.1. The molecule has 2 aromatic heterocycles. The van der Waals surface area contributed by atoms with Gasteiger partial charge in [0.2, 0.25) is 0 Å². The lowest BCUT2D eigenvalue weighted by Crippen LogP contribution is -2.31. The second-order valence-electron chi connectivity index (χ2n) is 8.41. The Kier molecular flexibility index (Phi) is 7.12. The molecule has 3 aromatic rings. The Morgan fingerprint density at radius 1 is 1.18 bits per heavy atom. The van der Waals surface area contributed by atoms with E-state index in [1.807, 2.05) is 6.07 Å². The highest BCUT2D eigenvalue weighted by molar-refractivity contribution is 6.09. The Balaban J connectivity index is 1.64. The van der Waals surface area contributed by atoms with Crippen molar-refractivity contribution in [2.45, 2.75) is 44.2 Å². The number of ether oxygens (including phenoxy) is 2. The molecule has 4 rings (SSSR count). The van der Waals surface area contributed by atoms with Gasteiger partial charge in [0, 0.05) is 65.4 Å². The van der Waals surface area contributed by atoms with E-state index in [-0.39, 0.29) is 35.6 Å². The average Bonchev–Trinajstić information content (AvgIpc) is 3.25. The molecule has 0 aliphatic heterocycles. The lowest BCUT2D eigenvalue weighted by atomic mass is 9.93. The predicted molar refractivity (Wildman–Crippen MR) is 127 cm³/mol. The summed E-state index contributed by atoms with van der Waals surface area (Å²) in [5.74, 6) is -1.74. The molecule has 0 bridgehead atoms. The number of aliphatic hydroxyl groups excluding tert-OH is 1. The van der Waals surface area contributed by atoms with Crippen LogP contribution in [0.5, 0.6) is 11.5 Å². The maximum absolute atomic E-state index is 14.9. The van der Waals surface area contributed by atoms with Crippen LogP contribution in [0.2, 0.25) is 0 Å². The van der Waals surface area contributed by atoms with E-state index in [9.17, 15) is 13.9 Å². The van der Waals surface area contributed by atoms with E-state index >= 15 is 0 Å². The standard InChI is InChI=1S/C25H28F2N4O3/c1-33-21-9-22(34-2)24(27)20(23(21)26)8-15-12-31-25-19(15)7-14(11-30-25)16(10-28)13-29-17-3-5-18(32)6-4-17/h7,9-13,17-18,28-29,32H,3-6,8H2,1-2H3,(H,30,31)/b16-13+,28-10?.